The largest absolute Gasteiger partial charge is 0.478 e. The highest BCUT2D eigenvalue weighted by Crippen LogP contribution is 2.09. The summed E-state index contributed by atoms with van der Waals surface area (Å²) >= 11 is 0. The van der Waals surface area contributed by atoms with Crippen molar-refractivity contribution in [2.75, 3.05) is 0 Å². The number of rotatable bonds is 8. The fourth-order valence-corrected chi connectivity index (χ4v) is 1.23. The van der Waals surface area contributed by atoms with Crippen molar-refractivity contribution in [1.29, 1.82) is 0 Å². The Morgan fingerprint density at radius 1 is 1.05 bits per heavy atom. The predicted octanol–water partition coefficient (Wildman–Crippen LogP) is 0.164. The number of carboxylic acids is 1. The van der Waals surface area contributed by atoms with Gasteiger partial charge in [0.25, 0.3) is 0 Å². The van der Waals surface area contributed by atoms with Crippen molar-refractivity contribution in [3.8, 4) is 0 Å². The number of hydrogen-bond donors (Lipinski definition) is 4. The van der Waals surface area contributed by atoms with Crippen LogP contribution in [0.25, 0.3) is 0 Å². The van der Waals surface area contributed by atoms with Crippen LogP contribution >= 0.6 is 0 Å². The van der Waals surface area contributed by atoms with Crippen molar-refractivity contribution >= 4 is 11.9 Å². The lowest BCUT2D eigenvalue weighted by atomic mass is 10.1. The quantitative estimate of drug-likeness (QED) is 0.286. The zero-order chi connectivity index (χ0) is 17.3. The zero-order valence-corrected chi connectivity index (χ0v) is 12.7. The van der Waals surface area contributed by atoms with Gasteiger partial charge in [-0.3, -0.25) is 0 Å². The summed E-state index contributed by atoms with van der Waals surface area (Å²) in [4.78, 5) is 22.2. The normalized spacial score (nSPS) is 18.2. The van der Waals surface area contributed by atoms with Crippen LogP contribution in [0.2, 0.25) is 0 Å². The Morgan fingerprint density at radius 3 is 2.05 bits per heavy atom. The minimum Gasteiger partial charge on any atom is -0.478 e. The van der Waals surface area contributed by atoms with Crippen molar-refractivity contribution in [3.05, 3.63) is 36.0 Å². The molecule has 0 aliphatic carbocycles. The summed E-state index contributed by atoms with van der Waals surface area (Å²) in [6, 6.07) is 0. The van der Waals surface area contributed by atoms with E-state index in [4.69, 9.17) is 14.9 Å². The number of hydrogen-bond acceptors (Lipinski definition) is 6. The molecule has 4 N–H and O–H groups in total. The van der Waals surface area contributed by atoms with Gasteiger partial charge in [0.05, 0.1) is 12.2 Å². The average molecular weight is 314 g/mol. The van der Waals surface area contributed by atoms with Crippen molar-refractivity contribution in [1.82, 2.24) is 0 Å². The first-order chi connectivity index (χ1) is 10.2. The Labute approximate surface area is 128 Å². The first-order valence-corrected chi connectivity index (χ1v) is 6.66. The molecule has 0 aliphatic rings. The summed E-state index contributed by atoms with van der Waals surface area (Å²) in [5, 5.41) is 37.1. The molecule has 7 heteroatoms. The molecule has 0 saturated carbocycles. The molecule has 4 unspecified atom stereocenters. The van der Waals surface area contributed by atoms with Gasteiger partial charge in [-0.2, -0.15) is 0 Å². The number of carboxylic acid groups (broad SMARTS) is 1. The van der Waals surface area contributed by atoms with Gasteiger partial charge in [-0.1, -0.05) is 18.2 Å². The molecule has 22 heavy (non-hydrogen) atoms. The fraction of sp³-hybridized carbons (Fsp3) is 0.467. The van der Waals surface area contributed by atoms with Gasteiger partial charge in [0.1, 0.15) is 6.10 Å². The maximum Gasteiger partial charge on any atom is 0.334 e. The Kier molecular flexibility index (Phi) is 9.00. The number of carbonyl (C=O) groups excluding carboxylic acids is 1. The van der Waals surface area contributed by atoms with E-state index >= 15 is 0 Å². The van der Waals surface area contributed by atoms with Crippen molar-refractivity contribution in [2.45, 2.75) is 45.2 Å². The van der Waals surface area contributed by atoms with E-state index in [-0.39, 0.29) is 0 Å². The van der Waals surface area contributed by atoms with Crippen LogP contribution in [-0.2, 0) is 14.3 Å². The third-order valence-corrected chi connectivity index (χ3v) is 2.76. The van der Waals surface area contributed by atoms with Crippen molar-refractivity contribution in [2.24, 2.45) is 0 Å². The van der Waals surface area contributed by atoms with Crippen LogP contribution in [0.15, 0.2) is 36.0 Å². The maximum absolute atomic E-state index is 11.7. The summed E-state index contributed by atoms with van der Waals surface area (Å²) in [7, 11) is 0. The molecule has 0 aliphatic heterocycles. The number of allylic oxidation sites excluding steroid dienone is 1. The Balaban J connectivity index is 5.06. The standard InChI is InChI=1S/C15H22O7/c1-4-9(2)15(21)22-13(7-8-14(19)20)12(18)6-5-11(17)10(3)16/h4-8,10-13,16-18H,1-3H3,(H,19,20)/b6-5-,8-7+,9-4+. The van der Waals surface area contributed by atoms with Crippen LogP contribution in [0, 0.1) is 0 Å². The van der Waals surface area contributed by atoms with E-state index in [1.54, 1.807) is 6.92 Å². The van der Waals surface area contributed by atoms with Crippen molar-refractivity contribution < 1.29 is 34.8 Å². The molecule has 0 amide bonds. The topological polar surface area (TPSA) is 124 Å². The number of ether oxygens (including phenoxy) is 1. The lowest BCUT2D eigenvalue weighted by Crippen LogP contribution is -2.29. The third kappa shape index (κ3) is 7.72. The van der Waals surface area contributed by atoms with Gasteiger partial charge >= 0.3 is 11.9 Å². The SMILES string of the molecule is C/C=C(\C)C(=O)OC(/C=C/C(=O)O)C(O)/C=C\C(O)C(C)O. The molecule has 0 fully saturated rings. The highest BCUT2D eigenvalue weighted by Gasteiger charge is 2.20. The Bertz CT molecular complexity index is 463. The van der Waals surface area contributed by atoms with Gasteiger partial charge in [-0.05, 0) is 26.8 Å². The molecular formula is C15H22O7. The second-order valence-electron chi connectivity index (χ2n) is 4.65. The molecule has 0 spiro atoms. The molecule has 0 radical (unpaired) electrons. The fourth-order valence-electron chi connectivity index (χ4n) is 1.23. The van der Waals surface area contributed by atoms with E-state index in [0.717, 1.165) is 24.3 Å². The number of aliphatic carboxylic acids is 1. The first kappa shape index (κ1) is 20.0. The van der Waals surface area contributed by atoms with E-state index in [9.17, 15) is 19.8 Å². The number of aliphatic hydroxyl groups is 3. The lowest BCUT2D eigenvalue weighted by Gasteiger charge is -2.18. The molecule has 0 aromatic rings. The minimum absolute atomic E-state index is 0.300. The monoisotopic (exact) mass is 314 g/mol. The first-order valence-electron chi connectivity index (χ1n) is 6.66. The summed E-state index contributed by atoms with van der Waals surface area (Å²) in [6.45, 7) is 4.51. The van der Waals surface area contributed by atoms with Gasteiger partial charge in [-0.15, -0.1) is 0 Å². The Hall–Kier alpha value is -1.96. The van der Waals surface area contributed by atoms with Gasteiger partial charge in [-0.25, -0.2) is 9.59 Å². The highest BCUT2D eigenvalue weighted by molar-refractivity contribution is 5.88. The molecule has 0 bridgehead atoms. The molecule has 0 heterocycles. The molecule has 0 aromatic carbocycles. The van der Waals surface area contributed by atoms with Gasteiger partial charge in [0.2, 0.25) is 0 Å². The number of aliphatic hydroxyl groups excluding tert-OH is 3. The van der Waals surface area contributed by atoms with E-state index in [2.05, 4.69) is 0 Å². The smallest absolute Gasteiger partial charge is 0.334 e. The van der Waals surface area contributed by atoms with Crippen LogP contribution in [0.4, 0.5) is 0 Å². The summed E-state index contributed by atoms with van der Waals surface area (Å²) in [5.41, 5.74) is 0.300. The summed E-state index contributed by atoms with van der Waals surface area (Å²) < 4.78 is 5.01. The van der Waals surface area contributed by atoms with Crippen LogP contribution in [0.5, 0.6) is 0 Å². The molecule has 0 saturated heterocycles. The molecule has 0 aromatic heterocycles. The van der Waals surface area contributed by atoms with Gasteiger partial charge in [0, 0.05) is 11.6 Å². The molecular weight excluding hydrogens is 292 g/mol. The Morgan fingerprint density at radius 2 is 1.59 bits per heavy atom. The zero-order valence-electron chi connectivity index (χ0n) is 12.7. The van der Waals surface area contributed by atoms with Crippen LogP contribution in [0.1, 0.15) is 20.8 Å². The van der Waals surface area contributed by atoms with Crippen LogP contribution < -0.4 is 0 Å². The number of carbonyl (C=O) groups is 2. The second-order valence-corrected chi connectivity index (χ2v) is 4.65. The van der Waals surface area contributed by atoms with Crippen LogP contribution in [-0.4, -0.2) is 56.8 Å². The van der Waals surface area contributed by atoms with Gasteiger partial charge in [0.15, 0.2) is 6.10 Å². The van der Waals surface area contributed by atoms with E-state index < -0.39 is 36.4 Å². The van der Waals surface area contributed by atoms with Gasteiger partial charge < -0.3 is 25.2 Å². The maximum atomic E-state index is 11.7. The van der Waals surface area contributed by atoms with Crippen LogP contribution in [0.3, 0.4) is 0 Å². The highest BCUT2D eigenvalue weighted by atomic mass is 16.6. The third-order valence-electron chi connectivity index (χ3n) is 2.76. The molecule has 0 rings (SSSR count). The predicted molar refractivity (Wildman–Crippen MR) is 78.9 cm³/mol. The molecule has 124 valence electrons. The van der Waals surface area contributed by atoms with E-state index in [1.807, 2.05) is 0 Å². The molecule has 4 atom stereocenters. The lowest BCUT2D eigenvalue weighted by molar-refractivity contribution is -0.145. The minimum atomic E-state index is -1.38. The van der Waals surface area contributed by atoms with Crippen molar-refractivity contribution in [3.63, 3.8) is 0 Å². The number of esters is 1. The average Bonchev–Trinajstić information content (AvgIpc) is 2.46. The van der Waals surface area contributed by atoms with E-state index in [0.29, 0.717) is 5.57 Å². The summed E-state index contributed by atoms with van der Waals surface area (Å²) in [5.74, 6) is -1.96. The molecule has 7 nitrogen and oxygen atoms in total. The second kappa shape index (κ2) is 9.88. The summed E-state index contributed by atoms with van der Waals surface area (Å²) in [6.07, 6.45) is 0.668. The van der Waals surface area contributed by atoms with E-state index in [1.165, 1.54) is 19.9 Å².